The van der Waals surface area contributed by atoms with Crippen LogP contribution >= 0.6 is 34.3 Å². The Hall–Kier alpha value is -2.62. The number of nitrogens with two attached hydrogens (primary N) is 1. The van der Waals surface area contributed by atoms with Crippen LogP contribution in [0.5, 0.6) is 0 Å². The number of aliphatic hydroxyl groups excluding tert-OH is 1. The van der Waals surface area contributed by atoms with Crippen LogP contribution in [0.3, 0.4) is 0 Å². The molecule has 0 fully saturated rings. The molecule has 2 atom stereocenters. The summed E-state index contributed by atoms with van der Waals surface area (Å²) in [5.41, 5.74) is 9.14. The molecule has 3 heterocycles. The lowest BCUT2D eigenvalue weighted by atomic mass is 9.87. The number of thiophene rings is 2. The Morgan fingerprint density at radius 1 is 1.33 bits per heavy atom. The molecule has 1 aliphatic carbocycles. The lowest BCUT2D eigenvalue weighted by molar-refractivity contribution is -0.192. The van der Waals surface area contributed by atoms with E-state index in [0.29, 0.717) is 11.6 Å². The highest BCUT2D eigenvalue weighted by molar-refractivity contribution is 7.20. The van der Waals surface area contributed by atoms with Gasteiger partial charge in [0.1, 0.15) is 10.7 Å². The number of carboxylic acid groups (broad SMARTS) is 1. The second-order valence-corrected chi connectivity index (χ2v) is 10.2. The number of hydrogen-bond donors (Lipinski definition) is 4. The number of rotatable bonds is 5. The molecule has 0 saturated carbocycles. The number of pyridine rings is 1. The van der Waals surface area contributed by atoms with Crippen molar-refractivity contribution in [1.82, 2.24) is 4.98 Å². The number of aliphatic hydroxyl groups is 1. The van der Waals surface area contributed by atoms with Gasteiger partial charge < -0.3 is 21.3 Å². The van der Waals surface area contributed by atoms with E-state index in [1.165, 1.54) is 4.88 Å². The van der Waals surface area contributed by atoms with Crippen molar-refractivity contribution in [3.05, 3.63) is 56.2 Å². The van der Waals surface area contributed by atoms with Gasteiger partial charge in [-0.15, -0.1) is 22.7 Å². The number of nitrogens with zero attached hydrogens (tertiary/aromatic N) is 1. The Balaban J connectivity index is 0.000000454. The van der Waals surface area contributed by atoms with Crippen LogP contribution < -0.4 is 11.1 Å². The number of carboxylic acids is 1. The van der Waals surface area contributed by atoms with Crippen molar-refractivity contribution >= 4 is 56.1 Å². The van der Waals surface area contributed by atoms with E-state index < -0.39 is 12.1 Å². The largest absolute Gasteiger partial charge is 0.490 e. The van der Waals surface area contributed by atoms with Gasteiger partial charge >= 0.3 is 12.1 Å². The molecule has 0 amide bonds. The zero-order valence-electron chi connectivity index (χ0n) is 18.8. The topological polar surface area (TPSA) is 108 Å². The first-order valence-corrected chi connectivity index (χ1v) is 12.9. The van der Waals surface area contributed by atoms with Crippen LogP contribution in [0, 0.1) is 11.8 Å². The van der Waals surface area contributed by atoms with Crippen LogP contribution in [0.2, 0.25) is 5.15 Å². The van der Waals surface area contributed by atoms with Crippen LogP contribution in [-0.4, -0.2) is 40.0 Å². The average molecular weight is 558 g/mol. The second-order valence-electron chi connectivity index (χ2n) is 7.74. The average Bonchev–Trinajstić information content (AvgIpc) is 3.46. The molecule has 0 spiro atoms. The maximum Gasteiger partial charge on any atom is 0.490 e. The molecule has 192 valence electrons. The number of nitrogens with one attached hydrogen (secondary N) is 1. The highest BCUT2D eigenvalue weighted by Gasteiger charge is 2.38. The molecular weight excluding hydrogens is 535 g/mol. The predicted octanol–water partition coefficient (Wildman–Crippen LogP) is 5.75. The zero-order valence-corrected chi connectivity index (χ0v) is 21.2. The predicted molar refractivity (Wildman–Crippen MR) is 138 cm³/mol. The third-order valence-corrected chi connectivity index (χ3v) is 7.60. The summed E-state index contributed by atoms with van der Waals surface area (Å²) < 4.78 is 32.8. The van der Waals surface area contributed by atoms with E-state index in [9.17, 15) is 13.2 Å². The number of anilines is 1. The number of halogens is 4. The molecule has 0 saturated heterocycles. The van der Waals surface area contributed by atoms with Gasteiger partial charge in [-0.25, -0.2) is 9.78 Å². The first-order valence-electron chi connectivity index (χ1n) is 10.8. The molecule has 1 aliphatic rings. The molecule has 0 bridgehead atoms. The summed E-state index contributed by atoms with van der Waals surface area (Å²) in [6.45, 7) is 0.773. The van der Waals surface area contributed by atoms with E-state index >= 15 is 0 Å². The minimum Gasteiger partial charge on any atom is -0.475 e. The Kier molecular flexibility index (Phi) is 9.76. The van der Waals surface area contributed by atoms with Crippen molar-refractivity contribution in [1.29, 1.82) is 0 Å². The molecule has 0 unspecified atom stereocenters. The van der Waals surface area contributed by atoms with Gasteiger partial charge in [0.15, 0.2) is 0 Å². The molecular formula is C24H23ClF3N3O3S2. The highest BCUT2D eigenvalue weighted by Crippen LogP contribution is 2.43. The van der Waals surface area contributed by atoms with Crippen molar-refractivity contribution in [2.45, 2.75) is 43.9 Å². The SMILES string of the molecule is N[C@H]1CC=CC[C@@H]1c1sc2c(NCc3cccs3)cc(Cl)nc2c1C#CCCO.O=C(O)C(F)(F)F. The standard InChI is InChI=1S/C22H22ClN3OS2.C2HF3O2/c23-19-12-18(25-13-14-6-5-11-28-14)22-20(26-19)16(8-3-4-10-27)21(29-22)15-7-1-2-9-17(15)24;3-2(4,5)1(6)7/h1-2,5-6,11-12,15,17,27H,4,7,9-10,13,24H2,(H,25,26);(H,6,7)/t15-,17-;/m0./s1. The van der Waals surface area contributed by atoms with Crippen LogP contribution in [0.15, 0.2) is 35.7 Å². The van der Waals surface area contributed by atoms with E-state index in [2.05, 4.69) is 45.7 Å². The van der Waals surface area contributed by atoms with E-state index in [1.807, 2.05) is 12.1 Å². The van der Waals surface area contributed by atoms with Crippen molar-refractivity contribution < 1.29 is 28.2 Å². The molecule has 36 heavy (non-hydrogen) atoms. The molecule has 0 radical (unpaired) electrons. The fourth-order valence-corrected chi connectivity index (χ4v) is 5.72. The maximum atomic E-state index is 10.6. The van der Waals surface area contributed by atoms with Crippen molar-refractivity contribution in [2.75, 3.05) is 11.9 Å². The smallest absolute Gasteiger partial charge is 0.475 e. The molecule has 0 aliphatic heterocycles. The van der Waals surface area contributed by atoms with Gasteiger partial charge in [-0.05, 0) is 24.3 Å². The summed E-state index contributed by atoms with van der Waals surface area (Å²) in [6.07, 6.45) is 1.44. The number of carbonyl (C=O) groups is 1. The van der Waals surface area contributed by atoms with Gasteiger partial charge in [-0.3, -0.25) is 0 Å². The summed E-state index contributed by atoms with van der Waals surface area (Å²) in [4.78, 5) is 15.9. The van der Waals surface area contributed by atoms with E-state index in [-0.39, 0.29) is 18.6 Å². The van der Waals surface area contributed by atoms with Crippen molar-refractivity contribution in [3.8, 4) is 11.8 Å². The van der Waals surface area contributed by atoms with Gasteiger partial charge in [0, 0.05) is 40.7 Å². The lowest BCUT2D eigenvalue weighted by Crippen LogP contribution is -2.29. The molecule has 5 N–H and O–H groups in total. The van der Waals surface area contributed by atoms with Crippen LogP contribution in [0.1, 0.15) is 40.5 Å². The van der Waals surface area contributed by atoms with Crippen LogP contribution in [0.4, 0.5) is 18.9 Å². The molecule has 3 aromatic rings. The number of aromatic nitrogens is 1. The molecule has 4 rings (SSSR count). The first kappa shape index (κ1) is 28.0. The Morgan fingerprint density at radius 2 is 2.06 bits per heavy atom. The Bertz CT molecular complexity index is 1280. The second kappa shape index (κ2) is 12.6. The van der Waals surface area contributed by atoms with E-state index in [4.69, 9.17) is 32.3 Å². The highest BCUT2D eigenvalue weighted by atomic mass is 35.5. The zero-order chi connectivity index (χ0) is 26.3. The van der Waals surface area contributed by atoms with Gasteiger partial charge in [0.05, 0.1) is 22.6 Å². The lowest BCUT2D eigenvalue weighted by Gasteiger charge is -2.24. The van der Waals surface area contributed by atoms with Gasteiger partial charge in [-0.2, -0.15) is 13.2 Å². The summed E-state index contributed by atoms with van der Waals surface area (Å²) >= 11 is 9.80. The minimum absolute atomic E-state index is 0.0396. The third kappa shape index (κ3) is 7.21. The quantitative estimate of drug-likeness (QED) is 0.181. The maximum absolute atomic E-state index is 10.6. The van der Waals surface area contributed by atoms with Crippen LogP contribution in [-0.2, 0) is 11.3 Å². The van der Waals surface area contributed by atoms with Crippen LogP contribution in [0.25, 0.3) is 10.2 Å². The van der Waals surface area contributed by atoms with Crippen molar-refractivity contribution in [2.24, 2.45) is 5.73 Å². The van der Waals surface area contributed by atoms with Gasteiger partial charge in [0.2, 0.25) is 0 Å². The van der Waals surface area contributed by atoms with E-state index in [1.54, 1.807) is 22.7 Å². The van der Waals surface area contributed by atoms with Gasteiger partial charge in [0.25, 0.3) is 0 Å². The summed E-state index contributed by atoms with van der Waals surface area (Å²) in [5.74, 6) is 3.77. The number of aliphatic carboxylic acids is 1. The first-order chi connectivity index (χ1) is 17.1. The molecule has 0 aromatic carbocycles. The number of hydrogen-bond acceptors (Lipinski definition) is 7. The van der Waals surface area contributed by atoms with Gasteiger partial charge in [-0.1, -0.05) is 41.7 Å². The number of fused-ring (bicyclic) bond motifs is 1. The Labute approximate surface area is 218 Å². The third-order valence-electron chi connectivity index (χ3n) is 5.18. The summed E-state index contributed by atoms with van der Waals surface area (Å²) in [7, 11) is 0. The minimum atomic E-state index is -5.08. The number of alkyl halides is 3. The number of allylic oxidation sites excluding steroid dienone is 1. The normalized spacial score (nSPS) is 17.2. The molecule has 6 nitrogen and oxygen atoms in total. The Morgan fingerprint density at radius 3 is 2.67 bits per heavy atom. The fraction of sp³-hybridized carbons (Fsp3) is 0.333. The summed E-state index contributed by atoms with van der Waals surface area (Å²) in [5, 5.41) is 22.3. The fourth-order valence-electron chi connectivity index (χ4n) is 3.50. The summed E-state index contributed by atoms with van der Waals surface area (Å²) in [6, 6.07) is 6.09. The molecule has 3 aromatic heterocycles. The molecule has 12 heteroatoms. The van der Waals surface area contributed by atoms with E-state index in [0.717, 1.165) is 45.7 Å². The monoisotopic (exact) mass is 557 g/mol. The van der Waals surface area contributed by atoms with Crippen molar-refractivity contribution in [3.63, 3.8) is 0 Å².